The number of amides is 1. The molecule has 2 fully saturated rings. The standard InChI is InChI=1S/C29H42N4O/c1-3-32(4-2)29(34)24-16-14-23(15-17-24)28(33-20-18-30-19-21-33)25-10-9-13-27(22-25)31-26-11-7-5-6-8-12-26/h9-10,13-17,22,26,28,30-31H,3-8,11-12,18-21H2,1-2H3/t28-/m0/s1. The van der Waals surface area contributed by atoms with Gasteiger partial charge in [-0.3, -0.25) is 9.69 Å². The Kier molecular flexibility index (Phi) is 9.00. The molecule has 1 heterocycles. The average Bonchev–Trinajstić information content (AvgIpc) is 3.15. The molecule has 1 amide bonds. The van der Waals surface area contributed by atoms with Crippen LogP contribution < -0.4 is 10.6 Å². The minimum atomic E-state index is 0.116. The molecule has 0 bridgehead atoms. The second kappa shape index (κ2) is 12.4. The summed E-state index contributed by atoms with van der Waals surface area (Å²) < 4.78 is 0. The van der Waals surface area contributed by atoms with Gasteiger partial charge in [-0.2, -0.15) is 0 Å². The Morgan fingerprint density at radius 2 is 1.65 bits per heavy atom. The van der Waals surface area contributed by atoms with Crippen molar-refractivity contribution in [3.8, 4) is 0 Å². The molecule has 34 heavy (non-hydrogen) atoms. The summed E-state index contributed by atoms with van der Waals surface area (Å²) in [4.78, 5) is 17.3. The molecule has 1 aliphatic carbocycles. The van der Waals surface area contributed by atoms with Gasteiger partial charge in [0.05, 0.1) is 6.04 Å². The second-order valence-electron chi connectivity index (χ2n) is 9.75. The van der Waals surface area contributed by atoms with Crippen LogP contribution in [0, 0.1) is 0 Å². The molecule has 2 aromatic rings. The highest BCUT2D eigenvalue weighted by atomic mass is 16.2. The molecule has 1 atom stereocenters. The van der Waals surface area contributed by atoms with Crippen molar-refractivity contribution in [2.24, 2.45) is 0 Å². The average molecular weight is 463 g/mol. The highest BCUT2D eigenvalue weighted by molar-refractivity contribution is 5.94. The summed E-state index contributed by atoms with van der Waals surface area (Å²) in [7, 11) is 0. The van der Waals surface area contributed by atoms with Gasteiger partial charge >= 0.3 is 0 Å². The van der Waals surface area contributed by atoms with Crippen LogP contribution in [0.15, 0.2) is 48.5 Å². The maximum atomic E-state index is 12.8. The lowest BCUT2D eigenvalue weighted by atomic mass is 9.94. The first-order valence-electron chi connectivity index (χ1n) is 13.4. The van der Waals surface area contributed by atoms with E-state index in [0.717, 1.165) is 44.8 Å². The van der Waals surface area contributed by atoms with Crippen LogP contribution in [-0.4, -0.2) is 61.0 Å². The Morgan fingerprint density at radius 1 is 0.971 bits per heavy atom. The Labute approximate surface area is 205 Å². The zero-order valence-corrected chi connectivity index (χ0v) is 21.1. The van der Waals surface area contributed by atoms with Gasteiger partial charge < -0.3 is 15.5 Å². The largest absolute Gasteiger partial charge is 0.382 e. The quantitative estimate of drug-likeness (QED) is 0.523. The second-order valence-corrected chi connectivity index (χ2v) is 9.75. The lowest BCUT2D eigenvalue weighted by Crippen LogP contribution is -2.45. The van der Waals surface area contributed by atoms with Gasteiger partial charge in [-0.05, 0) is 62.1 Å². The summed E-state index contributed by atoms with van der Waals surface area (Å²) in [6.07, 6.45) is 7.95. The van der Waals surface area contributed by atoms with Crippen LogP contribution in [0.3, 0.4) is 0 Å². The summed E-state index contributed by atoms with van der Waals surface area (Å²) in [6.45, 7) is 9.60. The predicted octanol–water partition coefficient (Wildman–Crippen LogP) is 5.30. The summed E-state index contributed by atoms with van der Waals surface area (Å²) in [5.41, 5.74) is 4.58. The summed E-state index contributed by atoms with van der Waals surface area (Å²) in [6, 6.07) is 18.2. The fraction of sp³-hybridized carbons (Fsp3) is 0.552. The molecular weight excluding hydrogens is 420 g/mol. The third-order valence-electron chi connectivity index (χ3n) is 7.47. The number of hydrogen-bond donors (Lipinski definition) is 2. The van der Waals surface area contributed by atoms with Gasteiger partial charge in [0, 0.05) is 56.6 Å². The van der Waals surface area contributed by atoms with Gasteiger partial charge in [0.15, 0.2) is 0 Å². The van der Waals surface area contributed by atoms with E-state index in [1.165, 1.54) is 55.3 Å². The zero-order valence-electron chi connectivity index (χ0n) is 21.1. The number of benzene rings is 2. The minimum Gasteiger partial charge on any atom is -0.382 e. The molecule has 4 rings (SSSR count). The molecule has 0 aromatic heterocycles. The third kappa shape index (κ3) is 6.19. The summed E-state index contributed by atoms with van der Waals surface area (Å²) in [5.74, 6) is 0.116. The summed E-state index contributed by atoms with van der Waals surface area (Å²) in [5, 5.41) is 7.33. The monoisotopic (exact) mass is 462 g/mol. The Hall–Kier alpha value is -2.37. The van der Waals surface area contributed by atoms with E-state index in [1.807, 2.05) is 30.9 Å². The van der Waals surface area contributed by atoms with Gasteiger partial charge in [0.1, 0.15) is 0 Å². The van der Waals surface area contributed by atoms with Crippen molar-refractivity contribution in [1.82, 2.24) is 15.1 Å². The van der Waals surface area contributed by atoms with Crippen molar-refractivity contribution in [3.05, 3.63) is 65.2 Å². The summed E-state index contributed by atoms with van der Waals surface area (Å²) >= 11 is 0. The normalized spacial score (nSPS) is 18.8. The number of nitrogens with one attached hydrogen (secondary N) is 2. The van der Waals surface area contributed by atoms with E-state index in [1.54, 1.807) is 0 Å². The Balaban J connectivity index is 1.59. The van der Waals surface area contributed by atoms with Gasteiger partial charge in [-0.25, -0.2) is 0 Å². The number of hydrogen-bond acceptors (Lipinski definition) is 4. The van der Waals surface area contributed by atoms with E-state index in [0.29, 0.717) is 6.04 Å². The van der Waals surface area contributed by atoms with E-state index >= 15 is 0 Å². The van der Waals surface area contributed by atoms with E-state index in [2.05, 4.69) is 51.9 Å². The van der Waals surface area contributed by atoms with Crippen LogP contribution in [0.5, 0.6) is 0 Å². The number of carbonyl (C=O) groups excluding carboxylic acids is 1. The predicted molar refractivity (Wildman–Crippen MR) is 142 cm³/mol. The van der Waals surface area contributed by atoms with Crippen molar-refractivity contribution in [3.63, 3.8) is 0 Å². The molecule has 0 spiro atoms. The van der Waals surface area contributed by atoms with Crippen LogP contribution in [0.2, 0.25) is 0 Å². The van der Waals surface area contributed by atoms with Crippen LogP contribution in [0.4, 0.5) is 5.69 Å². The van der Waals surface area contributed by atoms with Gasteiger partial charge in [0.25, 0.3) is 5.91 Å². The van der Waals surface area contributed by atoms with Gasteiger partial charge in [-0.15, -0.1) is 0 Å². The molecule has 2 aliphatic rings. The van der Waals surface area contributed by atoms with E-state index in [9.17, 15) is 4.79 Å². The van der Waals surface area contributed by atoms with Crippen molar-refractivity contribution in [2.75, 3.05) is 44.6 Å². The van der Waals surface area contributed by atoms with Crippen molar-refractivity contribution in [1.29, 1.82) is 0 Å². The maximum absolute atomic E-state index is 12.8. The highest BCUT2D eigenvalue weighted by Gasteiger charge is 2.25. The SMILES string of the molecule is CCN(CC)C(=O)c1ccc([C@@H](c2cccc(NC3CCCCCC3)c2)N2CCNCC2)cc1. The molecule has 1 saturated carbocycles. The molecule has 0 unspecified atom stereocenters. The fourth-order valence-electron chi connectivity index (χ4n) is 5.51. The fourth-order valence-corrected chi connectivity index (χ4v) is 5.51. The van der Waals surface area contributed by atoms with E-state index in [4.69, 9.17) is 0 Å². The first-order chi connectivity index (χ1) is 16.7. The molecule has 1 aliphatic heterocycles. The number of carbonyl (C=O) groups is 1. The molecule has 2 aromatic carbocycles. The first kappa shape index (κ1) is 24.7. The lowest BCUT2D eigenvalue weighted by molar-refractivity contribution is 0.0773. The number of piperazine rings is 1. The number of anilines is 1. The van der Waals surface area contributed by atoms with Crippen LogP contribution in [-0.2, 0) is 0 Å². The maximum Gasteiger partial charge on any atom is 0.253 e. The molecular formula is C29H42N4O. The van der Waals surface area contributed by atoms with Gasteiger partial charge in [-0.1, -0.05) is 49.9 Å². The van der Waals surface area contributed by atoms with Crippen LogP contribution in [0.1, 0.15) is 79.9 Å². The lowest BCUT2D eigenvalue weighted by Gasteiger charge is -2.36. The molecule has 1 saturated heterocycles. The van der Waals surface area contributed by atoms with Crippen molar-refractivity contribution in [2.45, 2.75) is 64.5 Å². The topological polar surface area (TPSA) is 47.6 Å². The third-order valence-corrected chi connectivity index (χ3v) is 7.47. The van der Waals surface area contributed by atoms with E-state index in [-0.39, 0.29) is 11.9 Å². The minimum absolute atomic E-state index is 0.116. The Morgan fingerprint density at radius 3 is 2.29 bits per heavy atom. The van der Waals surface area contributed by atoms with Crippen LogP contribution >= 0.6 is 0 Å². The number of rotatable bonds is 8. The highest BCUT2D eigenvalue weighted by Crippen LogP contribution is 2.32. The zero-order chi connectivity index (χ0) is 23.8. The smallest absolute Gasteiger partial charge is 0.253 e. The molecule has 5 heteroatoms. The molecule has 0 radical (unpaired) electrons. The van der Waals surface area contributed by atoms with Gasteiger partial charge in [0.2, 0.25) is 0 Å². The Bertz CT molecular complexity index is 895. The molecule has 5 nitrogen and oxygen atoms in total. The van der Waals surface area contributed by atoms with Crippen molar-refractivity contribution >= 4 is 11.6 Å². The first-order valence-corrected chi connectivity index (χ1v) is 13.4. The number of nitrogens with zero attached hydrogens (tertiary/aromatic N) is 2. The van der Waals surface area contributed by atoms with Crippen molar-refractivity contribution < 1.29 is 4.79 Å². The van der Waals surface area contributed by atoms with E-state index < -0.39 is 0 Å². The molecule has 184 valence electrons. The van der Waals surface area contributed by atoms with Crippen LogP contribution in [0.25, 0.3) is 0 Å². The molecule has 2 N–H and O–H groups in total.